The van der Waals surface area contributed by atoms with Crippen LogP contribution in [0.1, 0.15) is 26.3 Å². The second kappa shape index (κ2) is 7.96. The van der Waals surface area contributed by atoms with Crippen LogP contribution >= 0.6 is 11.6 Å². The monoisotopic (exact) mass is 389 g/mol. The van der Waals surface area contributed by atoms with Gasteiger partial charge in [0.25, 0.3) is 5.91 Å². The molecule has 1 aromatic carbocycles. The number of allylic oxidation sites excluding steroid dienone is 2. The fraction of sp³-hybridized carbons (Fsp3) is 0.350. The summed E-state index contributed by atoms with van der Waals surface area (Å²) in [6.45, 7) is 8.70. The van der Waals surface area contributed by atoms with Crippen LogP contribution in [0.2, 0.25) is 0 Å². The first-order valence-electron chi connectivity index (χ1n) is 8.43. The average Bonchev–Trinajstić information content (AvgIpc) is 2.75. The quantitative estimate of drug-likeness (QED) is 0.420. The van der Waals surface area contributed by atoms with Crippen molar-refractivity contribution >= 4 is 29.3 Å². The Bertz CT molecular complexity index is 829. The van der Waals surface area contributed by atoms with Gasteiger partial charge in [0.05, 0.1) is 7.11 Å². The number of amides is 3. The minimum Gasteiger partial charge on any atom is -0.497 e. The van der Waals surface area contributed by atoms with Crippen LogP contribution in [0.5, 0.6) is 5.75 Å². The summed E-state index contributed by atoms with van der Waals surface area (Å²) in [7, 11) is 3.24. The molecule has 1 saturated heterocycles. The zero-order chi connectivity index (χ0) is 20.4. The van der Waals surface area contributed by atoms with Crippen LogP contribution in [-0.4, -0.2) is 47.1 Å². The summed E-state index contributed by atoms with van der Waals surface area (Å²) in [5, 5.41) is 0.136. The molecule has 1 fully saturated rings. The third-order valence-electron chi connectivity index (χ3n) is 4.66. The molecule has 0 saturated carbocycles. The van der Waals surface area contributed by atoms with Gasteiger partial charge in [-0.05, 0) is 44.5 Å². The Balaban J connectivity index is 2.32. The molecule has 27 heavy (non-hydrogen) atoms. The smallest absolute Gasteiger partial charge is 0.331 e. The molecule has 1 aliphatic heterocycles. The van der Waals surface area contributed by atoms with E-state index in [2.05, 4.69) is 11.6 Å². The minimum atomic E-state index is -0.984. The number of rotatable bonds is 6. The van der Waals surface area contributed by atoms with Crippen LogP contribution in [0.3, 0.4) is 0 Å². The van der Waals surface area contributed by atoms with Gasteiger partial charge < -0.3 is 9.64 Å². The lowest BCUT2D eigenvalue weighted by Crippen LogP contribution is -2.46. The maximum atomic E-state index is 13.1. The molecule has 1 heterocycles. The number of methoxy groups -OCH3 is 1. The normalized spacial score (nSPS) is 21.1. The first kappa shape index (κ1) is 20.7. The van der Waals surface area contributed by atoms with Gasteiger partial charge in [-0.1, -0.05) is 30.3 Å². The van der Waals surface area contributed by atoms with Crippen LogP contribution in [-0.2, 0) is 11.2 Å². The van der Waals surface area contributed by atoms with Gasteiger partial charge in [0.15, 0.2) is 0 Å². The van der Waals surface area contributed by atoms with E-state index in [-0.39, 0.29) is 17.1 Å². The molecular formula is C20H24ClN3O3. The summed E-state index contributed by atoms with van der Waals surface area (Å²) in [6, 6.07) is 7.08. The molecule has 6 nitrogen and oxygen atoms in total. The maximum absolute atomic E-state index is 13.1. The van der Waals surface area contributed by atoms with Crippen LogP contribution in [0.4, 0.5) is 4.79 Å². The number of carbonyl (C=O) groups is 2. The summed E-state index contributed by atoms with van der Waals surface area (Å²) in [5.41, 5.74) is 0.988. The van der Waals surface area contributed by atoms with E-state index in [9.17, 15) is 9.59 Å². The van der Waals surface area contributed by atoms with Gasteiger partial charge in [-0.15, -0.1) is 0 Å². The SMILES string of the molecule is C=C(Cl)/N=C(C)\C=C(/C)N1C(=O)N(C)C(C)(Cc2ccc(OC)cc2)C1=O. The number of carbonyl (C=O) groups excluding carboxylic acids is 2. The number of imide groups is 1. The Morgan fingerprint density at radius 1 is 1.30 bits per heavy atom. The summed E-state index contributed by atoms with van der Waals surface area (Å²) in [5.74, 6) is 0.458. The van der Waals surface area contributed by atoms with Gasteiger partial charge >= 0.3 is 6.03 Å². The van der Waals surface area contributed by atoms with E-state index in [1.165, 1.54) is 9.80 Å². The number of hydrogen-bond acceptors (Lipinski definition) is 4. The number of ether oxygens (including phenoxy) is 1. The van der Waals surface area contributed by atoms with E-state index >= 15 is 0 Å². The van der Waals surface area contributed by atoms with E-state index < -0.39 is 5.54 Å². The predicted octanol–water partition coefficient (Wildman–Crippen LogP) is 3.97. The lowest BCUT2D eigenvalue weighted by molar-refractivity contribution is -0.131. The Labute approximate surface area is 164 Å². The summed E-state index contributed by atoms with van der Waals surface area (Å²) < 4.78 is 5.16. The average molecular weight is 390 g/mol. The Hall–Kier alpha value is -2.60. The van der Waals surface area contributed by atoms with Crippen molar-refractivity contribution in [2.24, 2.45) is 4.99 Å². The van der Waals surface area contributed by atoms with Gasteiger partial charge in [-0.2, -0.15) is 0 Å². The van der Waals surface area contributed by atoms with Gasteiger partial charge in [-0.25, -0.2) is 14.7 Å². The molecule has 1 atom stereocenters. The van der Waals surface area contributed by atoms with Crippen LogP contribution in [0.15, 0.2) is 52.8 Å². The second-order valence-corrected chi connectivity index (χ2v) is 7.13. The highest BCUT2D eigenvalue weighted by molar-refractivity contribution is 6.29. The lowest BCUT2D eigenvalue weighted by Gasteiger charge is -2.28. The summed E-state index contributed by atoms with van der Waals surface area (Å²) in [6.07, 6.45) is 2.03. The predicted molar refractivity (Wildman–Crippen MR) is 107 cm³/mol. The minimum absolute atomic E-state index is 0.136. The van der Waals surface area contributed by atoms with Crippen molar-refractivity contribution in [3.05, 3.63) is 53.3 Å². The fourth-order valence-electron chi connectivity index (χ4n) is 3.07. The van der Waals surface area contributed by atoms with Crippen LogP contribution < -0.4 is 4.74 Å². The zero-order valence-corrected chi connectivity index (χ0v) is 17.0. The molecule has 0 bridgehead atoms. The van der Waals surface area contributed by atoms with E-state index in [1.54, 1.807) is 41.0 Å². The molecule has 0 aromatic heterocycles. The first-order valence-corrected chi connectivity index (χ1v) is 8.81. The van der Waals surface area contributed by atoms with Crippen molar-refractivity contribution in [3.63, 3.8) is 0 Å². The Morgan fingerprint density at radius 2 is 1.89 bits per heavy atom. The van der Waals surface area contributed by atoms with Crippen molar-refractivity contribution in [2.45, 2.75) is 32.7 Å². The van der Waals surface area contributed by atoms with Gasteiger partial charge in [-0.3, -0.25) is 4.79 Å². The van der Waals surface area contributed by atoms with Gasteiger partial charge in [0.1, 0.15) is 16.4 Å². The summed E-state index contributed by atoms with van der Waals surface area (Å²) >= 11 is 5.68. The number of aliphatic imine (C=N–C) groups is 1. The van der Waals surface area contributed by atoms with Crippen molar-refractivity contribution < 1.29 is 14.3 Å². The van der Waals surface area contributed by atoms with E-state index in [1.807, 2.05) is 24.3 Å². The second-order valence-electron chi connectivity index (χ2n) is 6.70. The molecule has 1 aromatic rings. The Morgan fingerprint density at radius 3 is 2.41 bits per heavy atom. The van der Waals surface area contributed by atoms with Gasteiger partial charge in [0, 0.05) is 24.9 Å². The number of benzene rings is 1. The number of urea groups is 1. The molecule has 144 valence electrons. The number of hydrogen-bond donors (Lipinski definition) is 0. The largest absolute Gasteiger partial charge is 0.497 e. The van der Waals surface area contributed by atoms with Crippen molar-refractivity contribution in [1.82, 2.24) is 9.80 Å². The number of halogens is 1. The first-order chi connectivity index (χ1) is 12.6. The van der Waals surface area contributed by atoms with E-state index in [0.717, 1.165) is 11.3 Å². The standard InChI is InChI=1S/C20H24ClN3O3/c1-13(22-15(3)21)11-14(2)24-18(25)20(4,23(5)19(24)26)12-16-7-9-17(27-6)10-8-16/h7-11H,3,12H2,1-2,4-6H3/b14-11+,22-13-. The van der Waals surface area contributed by atoms with Crippen molar-refractivity contribution in [2.75, 3.05) is 14.2 Å². The zero-order valence-electron chi connectivity index (χ0n) is 16.2. The maximum Gasteiger partial charge on any atom is 0.331 e. The van der Waals surface area contributed by atoms with E-state index in [4.69, 9.17) is 16.3 Å². The molecule has 7 heteroatoms. The molecule has 0 radical (unpaired) electrons. The topological polar surface area (TPSA) is 62.2 Å². The van der Waals surface area contributed by atoms with Crippen LogP contribution in [0, 0.1) is 0 Å². The number of likely N-dealkylation sites (N-methyl/N-ethyl adjacent to an activating group) is 1. The number of nitrogens with zero attached hydrogens (tertiary/aromatic N) is 3. The fourth-order valence-corrected chi connectivity index (χ4v) is 3.20. The van der Waals surface area contributed by atoms with E-state index in [0.29, 0.717) is 17.8 Å². The third kappa shape index (κ3) is 4.22. The highest BCUT2D eigenvalue weighted by Gasteiger charge is 2.52. The van der Waals surface area contributed by atoms with Gasteiger partial charge in [0.2, 0.25) is 0 Å². The highest BCUT2D eigenvalue weighted by atomic mass is 35.5. The summed E-state index contributed by atoms with van der Waals surface area (Å²) in [4.78, 5) is 32.6. The molecule has 1 unspecified atom stereocenters. The molecular weight excluding hydrogens is 366 g/mol. The van der Waals surface area contributed by atoms with Crippen LogP contribution in [0.25, 0.3) is 0 Å². The molecule has 2 rings (SSSR count). The third-order valence-corrected chi connectivity index (χ3v) is 4.74. The Kier molecular flexibility index (Phi) is 6.11. The molecule has 0 aliphatic carbocycles. The molecule has 0 spiro atoms. The molecule has 3 amide bonds. The molecule has 0 N–H and O–H groups in total. The highest BCUT2D eigenvalue weighted by Crippen LogP contribution is 2.32. The lowest BCUT2D eigenvalue weighted by atomic mass is 9.91. The van der Waals surface area contributed by atoms with Crippen molar-refractivity contribution in [1.29, 1.82) is 0 Å². The van der Waals surface area contributed by atoms with Crippen molar-refractivity contribution in [3.8, 4) is 5.75 Å². The molecule has 1 aliphatic rings.